The first-order chi connectivity index (χ1) is 7.53. The first-order valence-electron chi connectivity index (χ1n) is 5.89. The van der Waals surface area contributed by atoms with Crippen molar-refractivity contribution >= 4 is 10.9 Å². The molecule has 0 radical (unpaired) electrons. The molecule has 0 atom stereocenters. The minimum Gasteiger partial charge on any atom is -0.361 e. The van der Waals surface area contributed by atoms with Gasteiger partial charge < -0.3 is 10.7 Å². The molecule has 84 valence electrons. The van der Waals surface area contributed by atoms with Crippen LogP contribution in [0.5, 0.6) is 0 Å². The Morgan fingerprint density at radius 2 is 2.00 bits per heavy atom. The van der Waals surface area contributed by atoms with Crippen molar-refractivity contribution in [2.45, 2.75) is 37.6 Å². The number of rotatable bonds is 2. The van der Waals surface area contributed by atoms with Gasteiger partial charge >= 0.3 is 0 Å². The van der Waals surface area contributed by atoms with Crippen molar-refractivity contribution in [2.24, 2.45) is 5.73 Å². The maximum absolute atomic E-state index is 6.32. The fraction of sp³-hybridized carbons (Fsp3) is 0.429. The largest absolute Gasteiger partial charge is 0.361 e. The van der Waals surface area contributed by atoms with Gasteiger partial charge in [-0.05, 0) is 55.8 Å². The second-order valence-electron chi connectivity index (χ2n) is 5.58. The molecule has 0 aliphatic heterocycles. The van der Waals surface area contributed by atoms with Gasteiger partial charge in [0.25, 0.3) is 0 Å². The molecule has 0 bridgehead atoms. The van der Waals surface area contributed by atoms with E-state index in [2.05, 4.69) is 43.1 Å². The Labute approximate surface area is 95.8 Å². The van der Waals surface area contributed by atoms with Gasteiger partial charge in [0.2, 0.25) is 0 Å². The van der Waals surface area contributed by atoms with E-state index in [9.17, 15) is 0 Å². The molecular weight excluding hydrogens is 196 g/mol. The van der Waals surface area contributed by atoms with Crippen molar-refractivity contribution in [1.29, 1.82) is 0 Å². The van der Waals surface area contributed by atoms with E-state index in [0.717, 1.165) is 0 Å². The van der Waals surface area contributed by atoms with Gasteiger partial charge in [-0.3, -0.25) is 0 Å². The molecule has 3 N–H and O–H groups in total. The molecule has 16 heavy (non-hydrogen) atoms. The molecule has 1 aromatic heterocycles. The van der Waals surface area contributed by atoms with E-state index in [4.69, 9.17) is 5.73 Å². The van der Waals surface area contributed by atoms with E-state index in [0.29, 0.717) is 0 Å². The SMILES string of the molecule is CC(C)(N)C1(c2ccc3[nH]ccc3c2)CC1. The highest BCUT2D eigenvalue weighted by molar-refractivity contribution is 5.80. The zero-order valence-corrected chi connectivity index (χ0v) is 9.88. The summed E-state index contributed by atoms with van der Waals surface area (Å²) in [5.41, 5.74) is 9.00. The van der Waals surface area contributed by atoms with Crippen LogP contribution in [0.4, 0.5) is 0 Å². The zero-order chi connectivity index (χ0) is 11.4. The summed E-state index contributed by atoms with van der Waals surface area (Å²) in [7, 11) is 0. The van der Waals surface area contributed by atoms with Crippen molar-refractivity contribution < 1.29 is 0 Å². The molecule has 0 unspecified atom stereocenters. The lowest BCUT2D eigenvalue weighted by Crippen LogP contribution is -2.45. The van der Waals surface area contributed by atoms with E-state index in [1.807, 2.05) is 6.20 Å². The Morgan fingerprint density at radius 1 is 1.25 bits per heavy atom. The van der Waals surface area contributed by atoms with Gasteiger partial charge in [0, 0.05) is 22.7 Å². The average Bonchev–Trinajstić information content (AvgIpc) is 2.91. The molecule has 2 nitrogen and oxygen atoms in total. The Balaban J connectivity index is 2.12. The van der Waals surface area contributed by atoms with Crippen molar-refractivity contribution in [1.82, 2.24) is 4.98 Å². The quantitative estimate of drug-likeness (QED) is 0.793. The van der Waals surface area contributed by atoms with Crippen molar-refractivity contribution in [3.8, 4) is 0 Å². The summed E-state index contributed by atoms with van der Waals surface area (Å²) in [6.45, 7) is 4.28. The van der Waals surface area contributed by atoms with Crippen LogP contribution in [-0.2, 0) is 5.41 Å². The van der Waals surface area contributed by atoms with Crippen LogP contribution in [0, 0.1) is 0 Å². The van der Waals surface area contributed by atoms with Crippen LogP contribution < -0.4 is 5.73 Å². The Morgan fingerprint density at radius 3 is 2.62 bits per heavy atom. The molecule has 1 aromatic carbocycles. The maximum Gasteiger partial charge on any atom is 0.0454 e. The van der Waals surface area contributed by atoms with E-state index in [1.54, 1.807) is 0 Å². The monoisotopic (exact) mass is 214 g/mol. The lowest BCUT2D eigenvalue weighted by Gasteiger charge is -2.31. The van der Waals surface area contributed by atoms with Crippen molar-refractivity contribution in [2.75, 3.05) is 0 Å². The molecule has 1 saturated carbocycles. The maximum atomic E-state index is 6.32. The first kappa shape index (κ1) is 9.91. The fourth-order valence-corrected chi connectivity index (χ4v) is 2.78. The highest BCUT2D eigenvalue weighted by Gasteiger charge is 2.53. The summed E-state index contributed by atoms with van der Waals surface area (Å²) < 4.78 is 0. The second kappa shape index (κ2) is 2.89. The number of aromatic amines is 1. The van der Waals surface area contributed by atoms with Crippen LogP contribution in [0.2, 0.25) is 0 Å². The van der Waals surface area contributed by atoms with Gasteiger partial charge in [-0.2, -0.15) is 0 Å². The zero-order valence-electron chi connectivity index (χ0n) is 9.88. The van der Waals surface area contributed by atoms with Crippen molar-refractivity contribution in [3.05, 3.63) is 36.0 Å². The standard InChI is InChI=1S/C14H18N2/c1-13(2,15)14(6-7-14)11-3-4-12-10(9-11)5-8-16-12/h3-5,8-9,16H,6-7,15H2,1-2H3. The summed E-state index contributed by atoms with van der Waals surface area (Å²) in [6, 6.07) is 8.79. The van der Waals surface area contributed by atoms with Gasteiger partial charge in [-0.25, -0.2) is 0 Å². The number of fused-ring (bicyclic) bond motifs is 1. The molecule has 1 aliphatic rings. The third-order valence-electron chi connectivity index (χ3n) is 4.09. The molecular formula is C14H18N2. The first-order valence-corrected chi connectivity index (χ1v) is 5.89. The van der Waals surface area contributed by atoms with Crippen LogP contribution in [-0.4, -0.2) is 10.5 Å². The molecule has 0 spiro atoms. The molecule has 2 heteroatoms. The molecule has 0 amide bonds. The normalized spacial score (nSPS) is 18.9. The minimum absolute atomic E-state index is 0.128. The average molecular weight is 214 g/mol. The van der Waals surface area contributed by atoms with Gasteiger partial charge in [-0.15, -0.1) is 0 Å². The summed E-state index contributed by atoms with van der Waals surface area (Å²) in [6.07, 6.45) is 4.42. The van der Waals surface area contributed by atoms with Crippen LogP contribution in [0.3, 0.4) is 0 Å². The predicted octanol–water partition coefficient (Wildman–Crippen LogP) is 2.94. The predicted molar refractivity (Wildman–Crippen MR) is 67.5 cm³/mol. The number of nitrogens with two attached hydrogens (primary N) is 1. The van der Waals surface area contributed by atoms with Gasteiger partial charge in [0.05, 0.1) is 0 Å². The van der Waals surface area contributed by atoms with E-state index in [1.165, 1.54) is 29.3 Å². The van der Waals surface area contributed by atoms with E-state index >= 15 is 0 Å². The third-order valence-corrected chi connectivity index (χ3v) is 4.09. The summed E-state index contributed by atoms with van der Waals surface area (Å²) in [5.74, 6) is 0. The van der Waals surface area contributed by atoms with E-state index in [-0.39, 0.29) is 11.0 Å². The number of nitrogens with one attached hydrogen (secondary N) is 1. The number of H-pyrrole nitrogens is 1. The molecule has 1 aliphatic carbocycles. The Kier molecular flexibility index (Phi) is 1.79. The van der Waals surface area contributed by atoms with Crippen LogP contribution >= 0.6 is 0 Å². The van der Waals surface area contributed by atoms with Gasteiger partial charge in [0.15, 0.2) is 0 Å². The number of hydrogen-bond donors (Lipinski definition) is 2. The fourth-order valence-electron chi connectivity index (χ4n) is 2.78. The van der Waals surface area contributed by atoms with Gasteiger partial charge in [0.1, 0.15) is 0 Å². The van der Waals surface area contributed by atoms with E-state index < -0.39 is 0 Å². The Hall–Kier alpha value is -1.28. The third kappa shape index (κ3) is 1.23. The topological polar surface area (TPSA) is 41.8 Å². The molecule has 2 aromatic rings. The number of benzene rings is 1. The summed E-state index contributed by atoms with van der Waals surface area (Å²) >= 11 is 0. The smallest absolute Gasteiger partial charge is 0.0454 e. The van der Waals surface area contributed by atoms with Crippen LogP contribution in [0.25, 0.3) is 10.9 Å². The summed E-state index contributed by atoms with van der Waals surface area (Å²) in [5, 5.41) is 1.29. The highest BCUT2D eigenvalue weighted by Crippen LogP contribution is 2.54. The lowest BCUT2D eigenvalue weighted by molar-refractivity contribution is 0.392. The summed E-state index contributed by atoms with van der Waals surface area (Å²) in [4.78, 5) is 3.23. The van der Waals surface area contributed by atoms with Crippen molar-refractivity contribution in [3.63, 3.8) is 0 Å². The molecule has 1 heterocycles. The Bertz CT molecular complexity index is 527. The molecule has 3 rings (SSSR count). The highest BCUT2D eigenvalue weighted by atomic mass is 14.8. The lowest BCUT2D eigenvalue weighted by atomic mass is 9.79. The van der Waals surface area contributed by atoms with Crippen LogP contribution in [0.15, 0.2) is 30.5 Å². The molecule has 0 saturated heterocycles. The minimum atomic E-state index is -0.128. The second-order valence-corrected chi connectivity index (χ2v) is 5.58. The number of aromatic nitrogens is 1. The number of hydrogen-bond acceptors (Lipinski definition) is 1. The van der Waals surface area contributed by atoms with Gasteiger partial charge in [-0.1, -0.05) is 6.07 Å². The molecule has 1 fully saturated rings. The van der Waals surface area contributed by atoms with Crippen LogP contribution in [0.1, 0.15) is 32.3 Å².